The fourth-order valence-electron chi connectivity index (χ4n) is 4.10. The maximum atomic E-state index is 9.41. The van der Waals surface area contributed by atoms with Crippen LogP contribution < -0.4 is 0 Å². The third kappa shape index (κ3) is 13.5. The van der Waals surface area contributed by atoms with Gasteiger partial charge in [0.1, 0.15) is 0 Å². The summed E-state index contributed by atoms with van der Waals surface area (Å²) >= 11 is 0. The summed E-state index contributed by atoms with van der Waals surface area (Å²) in [6.45, 7) is 38.8. The molecule has 0 amide bonds. The first-order valence-electron chi connectivity index (χ1n) is 14.6. The number of aliphatic hydroxyl groups excluding tert-OH is 1. The molecule has 6 nitrogen and oxygen atoms in total. The van der Waals surface area contributed by atoms with Crippen LogP contribution in [0.3, 0.4) is 0 Å². The van der Waals surface area contributed by atoms with E-state index in [1.165, 1.54) is 39.0 Å². The minimum atomic E-state index is -0.423. The van der Waals surface area contributed by atoms with E-state index in [4.69, 9.17) is 5.11 Å². The molecule has 4 saturated heterocycles. The third-order valence-electron chi connectivity index (χ3n) is 7.25. The lowest BCUT2D eigenvalue weighted by molar-refractivity contribution is -0.119. The quantitative estimate of drug-likeness (QED) is 0.517. The molecule has 0 aromatic carbocycles. The van der Waals surface area contributed by atoms with Crippen LogP contribution in [0.4, 0.5) is 0 Å². The van der Waals surface area contributed by atoms with Crippen molar-refractivity contribution < 1.29 is 10.2 Å². The number of nitrogens with zero attached hydrogens (tertiary/aromatic N) is 4. The van der Waals surface area contributed by atoms with Crippen LogP contribution >= 0.6 is 0 Å². The molecule has 6 heteroatoms. The number of rotatable bonds is 1. The Morgan fingerprint density at radius 1 is 0.667 bits per heavy atom. The van der Waals surface area contributed by atoms with Gasteiger partial charge in [-0.2, -0.15) is 0 Å². The Morgan fingerprint density at radius 3 is 1.08 bits per heavy atom. The number of likely N-dealkylation sites (tertiary alicyclic amines) is 4. The molecule has 36 heavy (non-hydrogen) atoms. The highest BCUT2D eigenvalue weighted by molar-refractivity contribution is 4.97. The zero-order valence-corrected chi connectivity index (χ0v) is 26.9. The highest BCUT2D eigenvalue weighted by atomic mass is 16.3. The van der Waals surface area contributed by atoms with Crippen LogP contribution in [-0.4, -0.2) is 117 Å². The summed E-state index contributed by atoms with van der Waals surface area (Å²) < 4.78 is 0. The van der Waals surface area contributed by atoms with Gasteiger partial charge >= 0.3 is 0 Å². The normalized spacial score (nSPS) is 22.9. The Labute approximate surface area is 226 Å². The van der Waals surface area contributed by atoms with Gasteiger partial charge in [0.15, 0.2) is 0 Å². The lowest BCUT2D eigenvalue weighted by Crippen LogP contribution is -2.65. The summed E-state index contributed by atoms with van der Waals surface area (Å²) in [6.07, 6.45) is 2.75. The van der Waals surface area contributed by atoms with Gasteiger partial charge in [-0.25, -0.2) is 0 Å². The first-order chi connectivity index (χ1) is 16.2. The molecule has 0 atom stereocenters. The predicted molar refractivity (Wildman–Crippen MR) is 158 cm³/mol. The van der Waals surface area contributed by atoms with E-state index in [0.29, 0.717) is 5.54 Å². The van der Waals surface area contributed by atoms with Gasteiger partial charge in [-0.15, -0.1) is 0 Å². The summed E-state index contributed by atoms with van der Waals surface area (Å²) in [5.41, 5.74) is 0.479. The highest BCUT2D eigenvalue weighted by Crippen LogP contribution is 2.27. The molecular weight excluding hydrogens is 448 g/mol. The van der Waals surface area contributed by atoms with Crippen molar-refractivity contribution in [2.75, 3.05) is 52.4 Å². The Morgan fingerprint density at radius 2 is 1.03 bits per heavy atom. The summed E-state index contributed by atoms with van der Waals surface area (Å²) in [4.78, 5) is 9.50. The lowest BCUT2D eigenvalue weighted by Gasteiger charge is -2.51. The second-order valence-corrected chi connectivity index (χ2v) is 14.2. The summed E-state index contributed by atoms with van der Waals surface area (Å²) in [5, 5.41) is 18.3. The first kappa shape index (κ1) is 35.8. The molecule has 0 saturated carbocycles. The zero-order valence-electron chi connectivity index (χ0n) is 26.9. The second-order valence-electron chi connectivity index (χ2n) is 14.2. The van der Waals surface area contributed by atoms with Crippen molar-refractivity contribution in [3.63, 3.8) is 0 Å². The molecule has 0 aromatic heterocycles. The van der Waals surface area contributed by atoms with Crippen molar-refractivity contribution >= 4 is 0 Å². The van der Waals surface area contributed by atoms with E-state index >= 15 is 0 Å². The van der Waals surface area contributed by atoms with E-state index < -0.39 is 5.60 Å². The average Bonchev–Trinajstić information content (AvgIpc) is 2.53. The van der Waals surface area contributed by atoms with Gasteiger partial charge < -0.3 is 15.1 Å². The van der Waals surface area contributed by atoms with Crippen LogP contribution in [0.15, 0.2) is 0 Å². The minimum absolute atomic E-state index is 0.0655. The van der Waals surface area contributed by atoms with Crippen molar-refractivity contribution in [2.45, 2.75) is 144 Å². The fraction of sp³-hybridized carbons (Fsp3) is 1.00. The Hall–Kier alpha value is -0.240. The fourth-order valence-corrected chi connectivity index (χ4v) is 4.10. The van der Waals surface area contributed by atoms with Gasteiger partial charge in [-0.1, -0.05) is 13.8 Å². The average molecular weight is 515 g/mol. The third-order valence-corrected chi connectivity index (χ3v) is 7.25. The Bertz CT molecular complexity index is 565. The molecule has 0 aromatic rings. The van der Waals surface area contributed by atoms with Gasteiger partial charge in [-0.05, 0) is 122 Å². The van der Waals surface area contributed by atoms with Crippen molar-refractivity contribution in [1.82, 2.24) is 19.6 Å². The molecular formula is C30H66N4O2. The van der Waals surface area contributed by atoms with Crippen LogP contribution in [-0.2, 0) is 0 Å². The maximum Gasteiger partial charge on any atom is 0.0872 e. The van der Waals surface area contributed by atoms with Crippen LogP contribution in [0, 0.1) is 0 Å². The molecule has 4 heterocycles. The van der Waals surface area contributed by atoms with Crippen LogP contribution in [0.1, 0.15) is 110 Å². The second kappa shape index (κ2) is 14.8. The standard InChI is InChI=1S/C8H17NO.C7H15NO.C7H15N.C6H13N.C2H6/c1-7(2,3)9-5-8(4,10)6-9;1-7(2,3)8-4-6(9)5-8;1-7(2,3)8-5-4-6-8;1-6(2)7-4-3-5-7;1-2/h10H,5-6H2,1-4H3;6,9H,4-5H2,1-3H3;4-6H2,1-3H3;6H,3-5H2,1-2H3;1-2H3. The lowest BCUT2D eigenvalue weighted by atomic mass is 9.90. The largest absolute Gasteiger partial charge is 0.390 e. The van der Waals surface area contributed by atoms with E-state index in [2.05, 4.69) is 95.8 Å². The zero-order chi connectivity index (χ0) is 28.5. The molecule has 0 aliphatic carbocycles. The van der Waals surface area contributed by atoms with Crippen molar-refractivity contribution in [2.24, 2.45) is 0 Å². The monoisotopic (exact) mass is 515 g/mol. The predicted octanol–water partition coefficient (Wildman–Crippen LogP) is 4.93. The SMILES string of the molecule is CC.CC(C)(C)N1CC(O)C1.CC(C)(C)N1CCC1.CC(C)N1CCC1.CC1(O)CN(C(C)(C)C)C1. The molecule has 0 unspecified atom stereocenters. The molecule has 0 radical (unpaired) electrons. The number of aliphatic hydroxyl groups is 2. The van der Waals surface area contributed by atoms with E-state index in [1.807, 2.05) is 20.8 Å². The molecule has 218 valence electrons. The highest BCUT2D eigenvalue weighted by Gasteiger charge is 2.41. The molecule has 2 N–H and O–H groups in total. The molecule has 4 fully saturated rings. The summed E-state index contributed by atoms with van der Waals surface area (Å²) in [5.74, 6) is 0. The van der Waals surface area contributed by atoms with Crippen LogP contribution in [0.2, 0.25) is 0 Å². The van der Waals surface area contributed by atoms with Gasteiger partial charge in [0.25, 0.3) is 0 Å². The first-order valence-corrected chi connectivity index (χ1v) is 14.6. The Balaban J connectivity index is 0.000000446. The molecule has 0 spiro atoms. The number of hydrogen-bond donors (Lipinski definition) is 2. The van der Waals surface area contributed by atoms with E-state index in [1.54, 1.807) is 0 Å². The van der Waals surface area contributed by atoms with Crippen molar-refractivity contribution in [1.29, 1.82) is 0 Å². The summed E-state index contributed by atoms with van der Waals surface area (Å²) in [7, 11) is 0. The Kier molecular flexibility index (Phi) is 14.7. The topological polar surface area (TPSA) is 53.4 Å². The molecule has 0 bridgehead atoms. The van der Waals surface area contributed by atoms with Crippen LogP contribution in [0.5, 0.6) is 0 Å². The van der Waals surface area contributed by atoms with Gasteiger partial charge in [0.05, 0.1) is 11.7 Å². The van der Waals surface area contributed by atoms with E-state index in [9.17, 15) is 5.11 Å². The van der Waals surface area contributed by atoms with Crippen molar-refractivity contribution in [3.05, 3.63) is 0 Å². The van der Waals surface area contributed by atoms with Crippen LogP contribution in [0.25, 0.3) is 0 Å². The van der Waals surface area contributed by atoms with E-state index in [0.717, 1.165) is 32.2 Å². The molecule has 4 aliphatic rings. The van der Waals surface area contributed by atoms with Gasteiger partial charge in [-0.3, -0.25) is 14.7 Å². The molecule has 4 aliphatic heterocycles. The summed E-state index contributed by atoms with van der Waals surface area (Å²) in [6, 6.07) is 0.786. The minimum Gasteiger partial charge on any atom is -0.390 e. The smallest absolute Gasteiger partial charge is 0.0872 e. The van der Waals surface area contributed by atoms with Gasteiger partial charge in [0, 0.05) is 48.8 Å². The van der Waals surface area contributed by atoms with Gasteiger partial charge in [0.2, 0.25) is 0 Å². The number of hydrogen-bond acceptors (Lipinski definition) is 6. The number of β-amino-alcohol motifs (C(OH)–C–C–N with tert-alkyl or cyclic N) is 2. The van der Waals surface area contributed by atoms with E-state index in [-0.39, 0.29) is 17.2 Å². The maximum absolute atomic E-state index is 9.41. The molecule has 4 rings (SSSR count). The van der Waals surface area contributed by atoms with Crippen molar-refractivity contribution in [3.8, 4) is 0 Å².